The van der Waals surface area contributed by atoms with Crippen LogP contribution in [0.25, 0.3) is 0 Å². The summed E-state index contributed by atoms with van der Waals surface area (Å²) in [6.45, 7) is 2.30. The summed E-state index contributed by atoms with van der Waals surface area (Å²) < 4.78 is 0. The SMILES string of the molecule is CCC(N)CC(=O)NCCC(=O)NC. The lowest BCUT2D eigenvalue weighted by Crippen LogP contribution is -2.33. The Bertz CT molecular complexity index is 194. The average Bonchev–Trinajstić information content (AvgIpc) is 2.17. The minimum Gasteiger partial charge on any atom is -0.359 e. The van der Waals surface area contributed by atoms with Gasteiger partial charge >= 0.3 is 0 Å². The van der Waals surface area contributed by atoms with E-state index < -0.39 is 0 Å². The third-order valence-corrected chi connectivity index (χ3v) is 1.93. The molecule has 1 atom stereocenters. The molecule has 0 fully saturated rings. The Hall–Kier alpha value is -1.10. The van der Waals surface area contributed by atoms with E-state index in [0.29, 0.717) is 19.4 Å². The molecule has 0 bridgehead atoms. The smallest absolute Gasteiger partial charge is 0.221 e. The minimum absolute atomic E-state index is 0.0786. The molecule has 0 aromatic heterocycles. The second-order valence-corrected chi connectivity index (χ2v) is 3.15. The van der Waals surface area contributed by atoms with Gasteiger partial charge < -0.3 is 16.4 Å². The molecule has 0 saturated heterocycles. The van der Waals surface area contributed by atoms with Gasteiger partial charge in [0.15, 0.2) is 0 Å². The molecule has 0 heterocycles. The molecule has 0 radical (unpaired) electrons. The van der Waals surface area contributed by atoms with Crippen molar-refractivity contribution in [2.24, 2.45) is 5.73 Å². The van der Waals surface area contributed by atoms with Gasteiger partial charge in [-0.05, 0) is 6.42 Å². The zero-order valence-corrected chi connectivity index (χ0v) is 8.80. The van der Waals surface area contributed by atoms with Gasteiger partial charge in [0.1, 0.15) is 0 Å². The third-order valence-electron chi connectivity index (χ3n) is 1.93. The lowest BCUT2D eigenvalue weighted by Gasteiger charge is -2.08. The van der Waals surface area contributed by atoms with Crippen LogP contribution >= 0.6 is 0 Å². The number of hydrogen-bond donors (Lipinski definition) is 3. The number of carbonyl (C=O) groups excluding carboxylic acids is 2. The van der Waals surface area contributed by atoms with E-state index in [1.165, 1.54) is 0 Å². The Balaban J connectivity index is 3.49. The molecule has 82 valence electrons. The van der Waals surface area contributed by atoms with Gasteiger partial charge in [-0.2, -0.15) is 0 Å². The third kappa shape index (κ3) is 6.42. The van der Waals surface area contributed by atoms with Crippen LogP contribution in [-0.4, -0.2) is 31.4 Å². The van der Waals surface area contributed by atoms with E-state index in [0.717, 1.165) is 6.42 Å². The van der Waals surface area contributed by atoms with Crippen molar-refractivity contribution in [2.75, 3.05) is 13.6 Å². The molecule has 14 heavy (non-hydrogen) atoms. The molecular formula is C9H19N3O2. The molecule has 0 saturated carbocycles. The monoisotopic (exact) mass is 201 g/mol. The van der Waals surface area contributed by atoms with E-state index in [9.17, 15) is 9.59 Å². The van der Waals surface area contributed by atoms with Gasteiger partial charge in [-0.25, -0.2) is 0 Å². The maximum absolute atomic E-state index is 11.2. The highest BCUT2D eigenvalue weighted by atomic mass is 16.2. The normalized spacial score (nSPS) is 11.9. The van der Waals surface area contributed by atoms with Gasteiger partial charge in [-0.15, -0.1) is 0 Å². The average molecular weight is 201 g/mol. The van der Waals surface area contributed by atoms with Crippen molar-refractivity contribution in [3.8, 4) is 0 Å². The molecular weight excluding hydrogens is 182 g/mol. The topological polar surface area (TPSA) is 84.2 Å². The minimum atomic E-state index is -0.0942. The van der Waals surface area contributed by atoms with E-state index >= 15 is 0 Å². The highest BCUT2D eigenvalue weighted by molar-refractivity contribution is 5.79. The summed E-state index contributed by atoms with van der Waals surface area (Å²) in [6, 6.07) is -0.0880. The molecule has 0 aliphatic carbocycles. The van der Waals surface area contributed by atoms with Gasteiger partial charge in [-0.3, -0.25) is 9.59 Å². The zero-order valence-electron chi connectivity index (χ0n) is 8.80. The van der Waals surface area contributed by atoms with Crippen LogP contribution in [0.5, 0.6) is 0 Å². The number of amides is 2. The Labute approximate surface area is 84.4 Å². The fourth-order valence-corrected chi connectivity index (χ4v) is 0.895. The highest BCUT2D eigenvalue weighted by Crippen LogP contribution is 1.92. The van der Waals surface area contributed by atoms with Gasteiger partial charge in [0, 0.05) is 32.5 Å². The molecule has 0 aliphatic rings. The van der Waals surface area contributed by atoms with Crippen molar-refractivity contribution in [3.05, 3.63) is 0 Å². The van der Waals surface area contributed by atoms with Crippen LogP contribution in [-0.2, 0) is 9.59 Å². The number of hydrogen-bond acceptors (Lipinski definition) is 3. The van der Waals surface area contributed by atoms with Crippen molar-refractivity contribution in [3.63, 3.8) is 0 Å². The van der Waals surface area contributed by atoms with Crippen LogP contribution in [0.1, 0.15) is 26.2 Å². The molecule has 0 aromatic rings. The molecule has 0 aromatic carbocycles. The molecule has 0 aliphatic heterocycles. The Morgan fingerprint density at radius 3 is 2.50 bits per heavy atom. The van der Waals surface area contributed by atoms with E-state index in [1.807, 2.05) is 6.92 Å². The molecule has 5 heteroatoms. The number of nitrogens with one attached hydrogen (secondary N) is 2. The Morgan fingerprint density at radius 2 is 2.00 bits per heavy atom. The van der Waals surface area contributed by atoms with Crippen LogP contribution < -0.4 is 16.4 Å². The largest absolute Gasteiger partial charge is 0.359 e. The first kappa shape index (κ1) is 12.9. The number of carbonyl (C=O) groups is 2. The summed E-state index contributed by atoms with van der Waals surface area (Å²) >= 11 is 0. The van der Waals surface area contributed by atoms with E-state index in [-0.39, 0.29) is 17.9 Å². The summed E-state index contributed by atoms with van der Waals surface area (Å²) in [6.07, 6.45) is 1.41. The lowest BCUT2D eigenvalue weighted by molar-refractivity contribution is -0.122. The Kier molecular flexibility index (Phi) is 6.74. The van der Waals surface area contributed by atoms with Gasteiger partial charge in [0.05, 0.1) is 0 Å². The van der Waals surface area contributed by atoms with Crippen LogP contribution in [0.15, 0.2) is 0 Å². The van der Waals surface area contributed by atoms with E-state index in [2.05, 4.69) is 10.6 Å². The maximum atomic E-state index is 11.2. The molecule has 0 spiro atoms. The highest BCUT2D eigenvalue weighted by Gasteiger charge is 2.07. The Morgan fingerprint density at radius 1 is 1.36 bits per heavy atom. The quantitative estimate of drug-likeness (QED) is 0.535. The second kappa shape index (κ2) is 7.32. The van der Waals surface area contributed by atoms with Crippen molar-refractivity contribution in [1.82, 2.24) is 10.6 Å². The van der Waals surface area contributed by atoms with Crippen molar-refractivity contribution < 1.29 is 9.59 Å². The van der Waals surface area contributed by atoms with Crippen LogP contribution in [0.2, 0.25) is 0 Å². The van der Waals surface area contributed by atoms with E-state index in [1.54, 1.807) is 7.05 Å². The van der Waals surface area contributed by atoms with Crippen molar-refractivity contribution in [2.45, 2.75) is 32.2 Å². The second-order valence-electron chi connectivity index (χ2n) is 3.15. The standard InChI is InChI=1S/C9H19N3O2/c1-3-7(10)6-9(14)12-5-4-8(13)11-2/h7H,3-6,10H2,1-2H3,(H,11,13)(H,12,14). The lowest BCUT2D eigenvalue weighted by atomic mass is 10.1. The van der Waals surface area contributed by atoms with Crippen LogP contribution in [0, 0.1) is 0 Å². The summed E-state index contributed by atoms with van der Waals surface area (Å²) in [5.74, 6) is -0.173. The summed E-state index contributed by atoms with van der Waals surface area (Å²) in [7, 11) is 1.57. The summed E-state index contributed by atoms with van der Waals surface area (Å²) in [4.78, 5) is 21.9. The molecule has 5 nitrogen and oxygen atoms in total. The van der Waals surface area contributed by atoms with Gasteiger partial charge in [0.2, 0.25) is 11.8 Å². The van der Waals surface area contributed by atoms with Gasteiger partial charge in [0.25, 0.3) is 0 Å². The number of rotatable bonds is 6. The van der Waals surface area contributed by atoms with Crippen LogP contribution in [0.3, 0.4) is 0 Å². The molecule has 4 N–H and O–H groups in total. The van der Waals surface area contributed by atoms with Crippen LogP contribution in [0.4, 0.5) is 0 Å². The first-order valence-electron chi connectivity index (χ1n) is 4.83. The first-order valence-corrected chi connectivity index (χ1v) is 4.83. The fourth-order valence-electron chi connectivity index (χ4n) is 0.895. The summed E-state index contributed by atoms with van der Waals surface area (Å²) in [5.41, 5.74) is 5.59. The fraction of sp³-hybridized carbons (Fsp3) is 0.778. The van der Waals surface area contributed by atoms with Crippen molar-refractivity contribution in [1.29, 1.82) is 0 Å². The maximum Gasteiger partial charge on any atom is 0.221 e. The predicted octanol–water partition coefficient (Wildman–Crippen LogP) is -0.634. The van der Waals surface area contributed by atoms with E-state index in [4.69, 9.17) is 5.73 Å². The van der Waals surface area contributed by atoms with Gasteiger partial charge in [-0.1, -0.05) is 6.92 Å². The zero-order chi connectivity index (χ0) is 11.0. The molecule has 0 rings (SSSR count). The van der Waals surface area contributed by atoms with Crippen molar-refractivity contribution >= 4 is 11.8 Å². The number of nitrogens with two attached hydrogens (primary N) is 1. The summed E-state index contributed by atoms with van der Waals surface area (Å²) in [5, 5.41) is 5.11. The predicted molar refractivity (Wildman–Crippen MR) is 54.6 cm³/mol. The first-order chi connectivity index (χ1) is 6.60. The molecule has 1 unspecified atom stereocenters. The molecule has 2 amide bonds.